The standard InChI is InChI=1S/C26H28F6N2O4/c1-5-19-13-22(20-9-15(3)7-8-21(20)34(19)24(36)38-6-2)33(23(35)37-4)14-16-10-17(25(27,28)29)12-18(11-16)26(30,31)32/h7-12,19,22H,5-6,13-14H2,1-4H3/t19-,22+/m1/s1. The molecule has 0 aliphatic carbocycles. The Hall–Kier alpha value is -3.44. The first-order valence-electron chi connectivity index (χ1n) is 11.9. The maximum absolute atomic E-state index is 13.5. The molecule has 0 radical (unpaired) electrons. The molecule has 208 valence electrons. The topological polar surface area (TPSA) is 59.1 Å². The maximum Gasteiger partial charge on any atom is 0.416 e. The van der Waals surface area contributed by atoms with Crippen LogP contribution < -0.4 is 4.90 Å². The molecule has 0 bridgehead atoms. The highest BCUT2D eigenvalue weighted by Crippen LogP contribution is 2.44. The fourth-order valence-electron chi connectivity index (χ4n) is 4.66. The Kier molecular flexibility index (Phi) is 8.52. The summed E-state index contributed by atoms with van der Waals surface area (Å²) in [7, 11) is 1.07. The van der Waals surface area contributed by atoms with Crippen molar-refractivity contribution < 1.29 is 45.4 Å². The molecule has 2 aromatic carbocycles. The molecule has 0 unspecified atom stereocenters. The smallest absolute Gasteiger partial charge is 0.416 e. The number of anilines is 1. The third-order valence-electron chi connectivity index (χ3n) is 6.38. The first-order valence-corrected chi connectivity index (χ1v) is 11.9. The van der Waals surface area contributed by atoms with Gasteiger partial charge in [-0.25, -0.2) is 9.59 Å². The Bertz CT molecular complexity index is 1150. The van der Waals surface area contributed by atoms with Crippen LogP contribution in [0.2, 0.25) is 0 Å². The highest BCUT2D eigenvalue weighted by atomic mass is 19.4. The summed E-state index contributed by atoms with van der Waals surface area (Å²) in [4.78, 5) is 28.3. The van der Waals surface area contributed by atoms with Gasteiger partial charge in [0.15, 0.2) is 0 Å². The number of amides is 2. The van der Waals surface area contributed by atoms with E-state index in [0.29, 0.717) is 29.8 Å². The largest absolute Gasteiger partial charge is 0.453 e. The molecule has 0 aromatic heterocycles. The van der Waals surface area contributed by atoms with Gasteiger partial charge in [0.2, 0.25) is 0 Å². The number of fused-ring (bicyclic) bond motifs is 1. The van der Waals surface area contributed by atoms with Crippen LogP contribution in [0.1, 0.15) is 60.5 Å². The van der Waals surface area contributed by atoms with Crippen LogP contribution >= 0.6 is 0 Å². The Morgan fingerprint density at radius 1 is 1.00 bits per heavy atom. The summed E-state index contributed by atoms with van der Waals surface area (Å²) < 4.78 is 90.8. The monoisotopic (exact) mass is 546 g/mol. The van der Waals surface area contributed by atoms with Gasteiger partial charge in [-0.05, 0) is 62.1 Å². The van der Waals surface area contributed by atoms with E-state index in [2.05, 4.69) is 0 Å². The van der Waals surface area contributed by atoms with Crippen molar-refractivity contribution in [2.75, 3.05) is 18.6 Å². The maximum atomic E-state index is 13.5. The molecule has 2 aromatic rings. The summed E-state index contributed by atoms with van der Waals surface area (Å²) >= 11 is 0. The van der Waals surface area contributed by atoms with Crippen molar-refractivity contribution >= 4 is 17.9 Å². The minimum atomic E-state index is -5.03. The Morgan fingerprint density at radius 2 is 1.61 bits per heavy atom. The summed E-state index contributed by atoms with van der Waals surface area (Å²) in [5, 5.41) is 0. The molecule has 0 N–H and O–H groups in total. The SMILES string of the molecule is CCOC(=O)N1c2ccc(C)cc2[C@@H](N(Cc2cc(C(F)(F)F)cc(C(F)(F)F)c2)C(=O)OC)C[C@H]1CC. The van der Waals surface area contributed by atoms with Crippen molar-refractivity contribution in [2.45, 2.75) is 64.6 Å². The normalized spacial score (nSPS) is 17.6. The lowest BCUT2D eigenvalue weighted by molar-refractivity contribution is -0.143. The van der Waals surface area contributed by atoms with Crippen molar-refractivity contribution in [3.8, 4) is 0 Å². The van der Waals surface area contributed by atoms with Crippen molar-refractivity contribution in [1.82, 2.24) is 4.90 Å². The van der Waals surface area contributed by atoms with E-state index in [-0.39, 0.29) is 24.7 Å². The van der Waals surface area contributed by atoms with E-state index in [1.54, 1.807) is 32.0 Å². The second-order valence-electron chi connectivity index (χ2n) is 8.96. The molecular formula is C26H28F6N2O4. The molecule has 6 nitrogen and oxygen atoms in total. The van der Waals surface area contributed by atoms with Crippen molar-refractivity contribution in [2.24, 2.45) is 0 Å². The predicted octanol–water partition coefficient (Wildman–Crippen LogP) is 7.49. The van der Waals surface area contributed by atoms with Gasteiger partial charge in [-0.1, -0.05) is 24.6 Å². The molecule has 12 heteroatoms. The van der Waals surface area contributed by atoms with Crippen LogP contribution in [0.25, 0.3) is 0 Å². The summed E-state index contributed by atoms with van der Waals surface area (Å²) in [6.45, 7) is 4.79. The highest BCUT2D eigenvalue weighted by molar-refractivity contribution is 5.90. The van der Waals surface area contributed by atoms with Crippen LogP contribution in [0.5, 0.6) is 0 Å². The number of hydrogen-bond donors (Lipinski definition) is 0. The quantitative estimate of drug-likeness (QED) is 0.365. The number of ether oxygens (including phenoxy) is 2. The number of rotatable bonds is 5. The number of carbonyl (C=O) groups is 2. The van der Waals surface area contributed by atoms with Gasteiger partial charge >= 0.3 is 24.5 Å². The molecule has 2 amide bonds. The van der Waals surface area contributed by atoms with Gasteiger partial charge in [0.05, 0.1) is 36.6 Å². The minimum absolute atomic E-state index is 0.0373. The Morgan fingerprint density at radius 3 is 2.11 bits per heavy atom. The van der Waals surface area contributed by atoms with E-state index < -0.39 is 54.3 Å². The number of hydrogen-bond acceptors (Lipinski definition) is 4. The summed E-state index contributed by atoms with van der Waals surface area (Å²) in [5.74, 6) is 0. The number of alkyl halides is 6. The van der Waals surface area contributed by atoms with Crippen molar-refractivity contribution in [3.05, 3.63) is 64.2 Å². The van der Waals surface area contributed by atoms with E-state index in [4.69, 9.17) is 9.47 Å². The van der Waals surface area contributed by atoms with Gasteiger partial charge in [-0.2, -0.15) is 26.3 Å². The molecular weight excluding hydrogens is 518 g/mol. The van der Waals surface area contributed by atoms with Crippen LogP contribution in [0.4, 0.5) is 41.6 Å². The van der Waals surface area contributed by atoms with Crippen LogP contribution in [-0.4, -0.2) is 36.8 Å². The second-order valence-corrected chi connectivity index (χ2v) is 8.96. The first kappa shape index (κ1) is 29.1. The molecule has 3 rings (SSSR count). The molecule has 1 heterocycles. The average molecular weight is 547 g/mol. The van der Waals surface area contributed by atoms with Gasteiger partial charge in [0.25, 0.3) is 0 Å². The number of carbonyl (C=O) groups excluding carboxylic acids is 2. The zero-order chi connectivity index (χ0) is 28.4. The van der Waals surface area contributed by atoms with Gasteiger partial charge in [0.1, 0.15) is 0 Å². The number of benzene rings is 2. The van der Waals surface area contributed by atoms with Crippen LogP contribution in [-0.2, 0) is 28.4 Å². The molecule has 0 spiro atoms. The first-order chi connectivity index (χ1) is 17.7. The van der Waals surface area contributed by atoms with Crippen molar-refractivity contribution in [3.63, 3.8) is 0 Å². The summed E-state index contributed by atoms with van der Waals surface area (Å²) in [5.41, 5.74) is -1.62. The van der Waals surface area contributed by atoms with Gasteiger partial charge in [-0.15, -0.1) is 0 Å². The van der Waals surface area contributed by atoms with E-state index in [1.807, 2.05) is 6.92 Å². The number of nitrogens with zero attached hydrogens (tertiary/aromatic N) is 2. The molecule has 1 aliphatic heterocycles. The number of halogens is 6. The third-order valence-corrected chi connectivity index (χ3v) is 6.38. The van der Waals surface area contributed by atoms with E-state index >= 15 is 0 Å². The van der Waals surface area contributed by atoms with Gasteiger partial charge < -0.3 is 9.47 Å². The lowest BCUT2D eigenvalue weighted by atomic mass is 9.88. The lowest BCUT2D eigenvalue weighted by Crippen LogP contribution is -2.48. The van der Waals surface area contributed by atoms with E-state index in [9.17, 15) is 35.9 Å². The van der Waals surface area contributed by atoms with Gasteiger partial charge in [0, 0.05) is 12.6 Å². The van der Waals surface area contributed by atoms with E-state index in [0.717, 1.165) is 17.6 Å². The lowest BCUT2D eigenvalue weighted by Gasteiger charge is -2.43. The van der Waals surface area contributed by atoms with Crippen LogP contribution in [0, 0.1) is 6.92 Å². The zero-order valence-corrected chi connectivity index (χ0v) is 21.2. The Labute approximate surface area is 216 Å². The van der Waals surface area contributed by atoms with E-state index in [1.165, 1.54) is 4.90 Å². The second kappa shape index (κ2) is 11.1. The molecule has 2 atom stereocenters. The molecule has 0 saturated heterocycles. The average Bonchev–Trinajstić information content (AvgIpc) is 2.84. The van der Waals surface area contributed by atoms with Crippen LogP contribution in [0.15, 0.2) is 36.4 Å². The Balaban J connectivity index is 2.15. The van der Waals surface area contributed by atoms with Gasteiger partial charge in [-0.3, -0.25) is 9.80 Å². The third kappa shape index (κ3) is 6.16. The number of aryl methyl sites for hydroxylation is 1. The van der Waals surface area contributed by atoms with Crippen LogP contribution in [0.3, 0.4) is 0 Å². The summed E-state index contributed by atoms with van der Waals surface area (Å²) in [6, 6.07) is 5.10. The molecule has 0 fully saturated rings. The fourth-order valence-corrected chi connectivity index (χ4v) is 4.66. The minimum Gasteiger partial charge on any atom is -0.453 e. The fraction of sp³-hybridized carbons (Fsp3) is 0.462. The highest BCUT2D eigenvalue weighted by Gasteiger charge is 2.41. The zero-order valence-electron chi connectivity index (χ0n) is 21.2. The molecule has 1 aliphatic rings. The number of methoxy groups -OCH3 is 1. The molecule has 0 saturated carbocycles. The molecule has 38 heavy (non-hydrogen) atoms. The van der Waals surface area contributed by atoms with Crippen molar-refractivity contribution in [1.29, 1.82) is 0 Å². The summed E-state index contributed by atoms with van der Waals surface area (Å²) in [6.07, 6.45) is -11.0. The predicted molar refractivity (Wildman–Crippen MR) is 127 cm³/mol.